The molecule has 1 spiro atoms. The summed E-state index contributed by atoms with van der Waals surface area (Å²) in [6, 6.07) is 7.09. The van der Waals surface area contributed by atoms with Crippen LogP contribution in [0.4, 0.5) is 5.82 Å². The summed E-state index contributed by atoms with van der Waals surface area (Å²) in [5, 5.41) is 7.47. The summed E-state index contributed by atoms with van der Waals surface area (Å²) in [6.45, 7) is 5.01. The molecule has 0 bridgehead atoms. The number of nitrogens with one attached hydrogen (secondary N) is 2. The van der Waals surface area contributed by atoms with Gasteiger partial charge in [0.25, 0.3) is 0 Å². The maximum Gasteiger partial charge on any atom is 0.191 e. The number of hydrogen-bond donors (Lipinski definition) is 2. The van der Waals surface area contributed by atoms with Gasteiger partial charge in [-0.25, -0.2) is 4.98 Å². The summed E-state index contributed by atoms with van der Waals surface area (Å²) in [6.07, 6.45) is 12.2. The van der Waals surface area contributed by atoms with Crippen LogP contribution in [0.25, 0.3) is 0 Å². The predicted molar refractivity (Wildman–Crippen MR) is 134 cm³/mol. The highest BCUT2D eigenvalue weighted by atomic mass is 127. The Morgan fingerprint density at radius 1 is 1.20 bits per heavy atom. The fraction of sp³-hybridized carbons (Fsp3) is 0.739. The van der Waals surface area contributed by atoms with E-state index < -0.39 is 0 Å². The van der Waals surface area contributed by atoms with Crippen LogP contribution in [0.1, 0.15) is 58.3 Å². The van der Waals surface area contributed by atoms with Gasteiger partial charge in [0, 0.05) is 50.4 Å². The Balaban J connectivity index is 0.00000256. The molecule has 6 nitrogen and oxygen atoms in total. The molecule has 2 unspecified atom stereocenters. The Labute approximate surface area is 198 Å². The zero-order valence-corrected chi connectivity index (χ0v) is 20.8. The molecular formula is C23H38IN5O. The first kappa shape index (κ1) is 23.6. The van der Waals surface area contributed by atoms with Crippen LogP contribution in [0.15, 0.2) is 29.4 Å². The smallest absolute Gasteiger partial charge is 0.191 e. The minimum absolute atomic E-state index is 0. The van der Waals surface area contributed by atoms with Gasteiger partial charge in [-0.05, 0) is 51.2 Å². The number of halogens is 1. The number of rotatable bonds is 5. The van der Waals surface area contributed by atoms with Crippen molar-refractivity contribution in [3.8, 4) is 0 Å². The van der Waals surface area contributed by atoms with E-state index in [9.17, 15) is 0 Å². The molecule has 3 aliphatic rings. The molecule has 0 aromatic carbocycles. The number of nitrogens with zero attached hydrogens (tertiary/aromatic N) is 3. The molecule has 168 valence electrons. The van der Waals surface area contributed by atoms with E-state index in [-0.39, 0.29) is 24.0 Å². The van der Waals surface area contributed by atoms with Crippen molar-refractivity contribution >= 4 is 35.8 Å². The summed E-state index contributed by atoms with van der Waals surface area (Å²) in [4.78, 5) is 11.4. The maximum atomic E-state index is 6.11. The molecule has 3 fully saturated rings. The van der Waals surface area contributed by atoms with Crippen molar-refractivity contribution in [2.45, 2.75) is 76.5 Å². The van der Waals surface area contributed by atoms with Crippen LogP contribution < -0.4 is 15.5 Å². The average Bonchev–Trinajstić information content (AvgIpc) is 2.79. The summed E-state index contributed by atoms with van der Waals surface area (Å²) < 4.78 is 6.11. The molecule has 4 rings (SSSR count). The van der Waals surface area contributed by atoms with Crippen molar-refractivity contribution in [1.29, 1.82) is 0 Å². The topological polar surface area (TPSA) is 61.8 Å². The van der Waals surface area contributed by atoms with Crippen molar-refractivity contribution in [3.63, 3.8) is 0 Å². The lowest BCUT2D eigenvalue weighted by atomic mass is 9.55. The van der Waals surface area contributed by atoms with Gasteiger partial charge in [0.15, 0.2) is 5.96 Å². The van der Waals surface area contributed by atoms with Gasteiger partial charge in [-0.3, -0.25) is 4.99 Å². The third-order valence-corrected chi connectivity index (χ3v) is 7.28. The van der Waals surface area contributed by atoms with Crippen LogP contribution in [-0.2, 0) is 4.74 Å². The summed E-state index contributed by atoms with van der Waals surface area (Å²) in [5.74, 6) is 2.05. The second-order valence-electron chi connectivity index (χ2n) is 8.84. The number of guanidine groups is 1. The van der Waals surface area contributed by atoms with Crippen LogP contribution >= 0.6 is 24.0 Å². The summed E-state index contributed by atoms with van der Waals surface area (Å²) >= 11 is 0. The lowest BCUT2D eigenvalue weighted by molar-refractivity contribution is -0.145. The van der Waals surface area contributed by atoms with Gasteiger partial charge < -0.3 is 20.3 Å². The molecule has 7 heteroatoms. The van der Waals surface area contributed by atoms with E-state index >= 15 is 0 Å². The minimum atomic E-state index is 0. The fourth-order valence-electron chi connectivity index (χ4n) is 5.59. The zero-order valence-electron chi connectivity index (χ0n) is 18.5. The second kappa shape index (κ2) is 11.0. The molecule has 30 heavy (non-hydrogen) atoms. The molecule has 2 atom stereocenters. The van der Waals surface area contributed by atoms with Gasteiger partial charge >= 0.3 is 0 Å². The van der Waals surface area contributed by atoms with E-state index in [0.29, 0.717) is 23.6 Å². The van der Waals surface area contributed by atoms with Gasteiger partial charge in [0.05, 0.1) is 6.10 Å². The third kappa shape index (κ3) is 5.03. The largest absolute Gasteiger partial charge is 0.378 e. The number of aliphatic imine (C=N–C) groups is 1. The van der Waals surface area contributed by atoms with E-state index in [1.54, 1.807) is 0 Å². The molecule has 2 saturated carbocycles. The van der Waals surface area contributed by atoms with Crippen LogP contribution in [0.2, 0.25) is 0 Å². The highest BCUT2D eigenvalue weighted by molar-refractivity contribution is 14.0. The van der Waals surface area contributed by atoms with E-state index in [1.165, 1.54) is 32.1 Å². The Morgan fingerprint density at radius 2 is 1.97 bits per heavy atom. The van der Waals surface area contributed by atoms with Crippen molar-refractivity contribution in [2.24, 2.45) is 10.4 Å². The number of anilines is 1. The number of ether oxygens (including phenoxy) is 1. The van der Waals surface area contributed by atoms with Crippen molar-refractivity contribution < 1.29 is 4.74 Å². The normalized spacial score (nSPS) is 26.6. The van der Waals surface area contributed by atoms with E-state index in [4.69, 9.17) is 4.74 Å². The lowest BCUT2D eigenvalue weighted by Gasteiger charge is -2.58. The highest BCUT2D eigenvalue weighted by Gasteiger charge is 2.55. The highest BCUT2D eigenvalue weighted by Crippen LogP contribution is 2.53. The third-order valence-electron chi connectivity index (χ3n) is 7.28. The van der Waals surface area contributed by atoms with Crippen molar-refractivity contribution in [2.75, 3.05) is 31.6 Å². The van der Waals surface area contributed by atoms with Gasteiger partial charge in [-0.1, -0.05) is 25.3 Å². The lowest BCUT2D eigenvalue weighted by Crippen LogP contribution is -2.67. The Kier molecular flexibility index (Phi) is 8.62. The monoisotopic (exact) mass is 527 g/mol. The van der Waals surface area contributed by atoms with Crippen molar-refractivity contribution in [1.82, 2.24) is 15.6 Å². The quantitative estimate of drug-likeness (QED) is 0.345. The average molecular weight is 527 g/mol. The van der Waals surface area contributed by atoms with E-state index in [2.05, 4.69) is 44.6 Å². The molecular weight excluding hydrogens is 489 g/mol. The van der Waals surface area contributed by atoms with E-state index in [1.807, 2.05) is 19.3 Å². The van der Waals surface area contributed by atoms with Crippen LogP contribution in [0, 0.1) is 5.41 Å². The first-order valence-electron chi connectivity index (χ1n) is 11.5. The summed E-state index contributed by atoms with van der Waals surface area (Å²) in [7, 11) is 1.89. The molecule has 0 amide bonds. The van der Waals surface area contributed by atoms with Crippen LogP contribution in [0.5, 0.6) is 0 Å². The number of aromatic nitrogens is 1. The maximum absolute atomic E-state index is 6.11. The Bertz CT molecular complexity index is 671. The van der Waals surface area contributed by atoms with Crippen molar-refractivity contribution in [3.05, 3.63) is 24.4 Å². The van der Waals surface area contributed by atoms with Gasteiger partial charge in [0.2, 0.25) is 0 Å². The second-order valence-corrected chi connectivity index (χ2v) is 8.84. The first-order valence-corrected chi connectivity index (χ1v) is 11.5. The van der Waals surface area contributed by atoms with Crippen LogP contribution in [0.3, 0.4) is 0 Å². The predicted octanol–water partition coefficient (Wildman–Crippen LogP) is 3.96. The fourth-order valence-corrected chi connectivity index (χ4v) is 5.59. The first-order chi connectivity index (χ1) is 14.2. The van der Waals surface area contributed by atoms with E-state index in [0.717, 1.165) is 50.7 Å². The minimum Gasteiger partial charge on any atom is -0.378 e. The standard InChI is InChI=1S/C23H37N5O.HI/c1-3-29-20-17-19(23(20)12-6-4-7-13-23)27-22(24-2)26-18-10-15-28(16-11-18)21-9-5-8-14-25-21;/h5,8-9,14,18-20H,3-4,6-7,10-13,15-17H2,1-2H3,(H2,24,26,27);1H. The zero-order chi connectivity index (χ0) is 20.1. The van der Waals surface area contributed by atoms with Gasteiger partial charge in [0.1, 0.15) is 5.82 Å². The molecule has 1 aromatic rings. The number of piperidine rings is 1. The Morgan fingerprint density at radius 3 is 2.60 bits per heavy atom. The summed E-state index contributed by atoms with van der Waals surface area (Å²) in [5.41, 5.74) is 0.314. The molecule has 1 aliphatic heterocycles. The Hall–Kier alpha value is -1.09. The molecule has 0 radical (unpaired) electrons. The number of hydrogen-bond acceptors (Lipinski definition) is 4. The van der Waals surface area contributed by atoms with Crippen LogP contribution in [-0.4, -0.2) is 55.9 Å². The number of pyridine rings is 1. The molecule has 2 N–H and O–H groups in total. The molecule has 2 heterocycles. The van der Waals surface area contributed by atoms with Gasteiger partial charge in [-0.2, -0.15) is 0 Å². The molecule has 1 aromatic heterocycles. The molecule has 2 aliphatic carbocycles. The van der Waals surface area contributed by atoms with Gasteiger partial charge in [-0.15, -0.1) is 24.0 Å². The SMILES string of the molecule is CCOC1CC(NC(=NC)NC2CCN(c3ccccn3)CC2)C12CCCCC2.I. The molecule has 1 saturated heterocycles.